The van der Waals surface area contributed by atoms with Gasteiger partial charge in [0.25, 0.3) is 5.69 Å². The van der Waals surface area contributed by atoms with E-state index in [1.807, 2.05) is 0 Å². The van der Waals surface area contributed by atoms with Crippen molar-refractivity contribution in [3.05, 3.63) is 63.8 Å². The van der Waals surface area contributed by atoms with Crippen LogP contribution in [0.2, 0.25) is 0 Å². The number of aliphatic hydroxyl groups is 1. The van der Waals surface area contributed by atoms with Gasteiger partial charge in [-0.05, 0) is 31.2 Å². The number of ether oxygens (including phenoxy) is 3. The molecule has 1 aliphatic rings. The minimum absolute atomic E-state index is 0.0649. The molecule has 1 N–H and O–H groups in total. The van der Waals surface area contributed by atoms with Gasteiger partial charge >= 0.3 is 5.97 Å². The summed E-state index contributed by atoms with van der Waals surface area (Å²) in [5, 5.41) is 29.1. The first-order valence-corrected chi connectivity index (χ1v) is 8.66. The van der Waals surface area contributed by atoms with Crippen LogP contribution >= 0.6 is 0 Å². The third kappa shape index (κ3) is 4.67. The third-order valence-corrected chi connectivity index (χ3v) is 3.84. The summed E-state index contributed by atoms with van der Waals surface area (Å²) in [5.74, 6) is -0.330. The molecule has 10 heteroatoms. The molecule has 2 aromatic rings. The average molecular weight is 399 g/mol. The lowest BCUT2D eigenvalue weighted by molar-refractivity contribution is -0.384. The number of azo groups is 1. The number of rotatable bonds is 6. The molecule has 150 valence electrons. The Bertz CT molecular complexity index is 984. The topological polar surface area (TPSA) is 133 Å². The highest BCUT2D eigenvalue weighted by Gasteiger charge is 2.19. The molecule has 0 unspecified atom stereocenters. The van der Waals surface area contributed by atoms with Gasteiger partial charge in [0, 0.05) is 23.8 Å². The number of benzene rings is 2. The van der Waals surface area contributed by atoms with Crippen molar-refractivity contribution in [2.75, 3.05) is 19.8 Å². The predicted octanol–water partition coefficient (Wildman–Crippen LogP) is 3.94. The maximum absolute atomic E-state index is 12.2. The second-order valence-electron chi connectivity index (χ2n) is 5.75. The van der Waals surface area contributed by atoms with Gasteiger partial charge in [0.15, 0.2) is 17.3 Å². The number of nitro groups is 1. The second kappa shape index (κ2) is 8.83. The highest BCUT2D eigenvalue weighted by atomic mass is 16.6. The van der Waals surface area contributed by atoms with Crippen LogP contribution in [0.5, 0.6) is 11.5 Å². The fourth-order valence-electron chi connectivity index (χ4n) is 2.46. The number of aliphatic hydroxyl groups excluding tert-OH is 1. The van der Waals surface area contributed by atoms with Crippen LogP contribution in [0, 0.1) is 10.1 Å². The van der Waals surface area contributed by atoms with E-state index in [-0.39, 0.29) is 17.9 Å². The number of carbonyl (C=O) groups excluding carboxylic acids is 1. The summed E-state index contributed by atoms with van der Waals surface area (Å²) in [6.07, 6.45) is 0. The minimum atomic E-state index is -0.885. The van der Waals surface area contributed by atoms with Crippen LogP contribution in [0.3, 0.4) is 0 Å². The van der Waals surface area contributed by atoms with Gasteiger partial charge in [-0.2, -0.15) is 5.11 Å². The molecule has 0 fully saturated rings. The van der Waals surface area contributed by atoms with Crippen LogP contribution < -0.4 is 9.47 Å². The lowest BCUT2D eigenvalue weighted by atomic mass is 10.1. The molecule has 10 nitrogen and oxygen atoms in total. The van der Waals surface area contributed by atoms with Gasteiger partial charge in [0.05, 0.1) is 17.2 Å². The molecule has 0 bridgehead atoms. The fraction of sp³-hybridized carbons (Fsp3) is 0.211. The summed E-state index contributed by atoms with van der Waals surface area (Å²) in [6.45, 7) is 2.53. The molecule has 0 amide bonds. The Hall–Kier alpha value is -3.95. The summed E-state index contributed by atoms with van der Waals surface area (Å²) >= 11 is 0. The van der Waals surface area contributed by atoms with Crippen LogP contribution in [0.25, 0.3) is 5.76 Å². The maximum atomic E-state index is 12.2. The predicted molar refractivity (Wildman–Crippen MR) is 101 cm³/mol. The van der Waals surface area contributed by atoms with E-state index in [0.29, 0.717) is 30.4 Å². The Morgan fingerprint density at radius 2 is 1.86 bits per heavy atom. The van der Waals surface area contributed by atoms with Gasteiger partial charge < -0.3 is 19.3 Å². The van der Waals surface area contributed by atoms with Gasteiger partial charge in [-0.15, -0.1) is 5.11 Å². The lowest BCUT2D eigenvalue weighted by Gasteiger charge is -2.17. The smallest absolute Gasteiger partial charge is 0.362 e. The normalized spacial score (nSPS) is 13.7. The van der Waals surface area contributed by atoms with Crippen molar-refractivity contribution in [3.63, 3.8) is 0 Å². The summed E-state index contributed by atoms with van der Waals surface area (Å²) in [4.78, 5) is 22.4. The molecule has 0 atom stereocenters. The zero-order chi connectivity index (χ0) is 20.8. The van der Waals surface area contributed by atoms with Crippen molar-refractivity contribution < 1.29 is 29.0 Å². The van der Waals surface area contributed by atoms with Crippen molar-refractivity contribution in [1.82, 2.24) is 0 Å². The monoisotopic (exact) mass is 399 g/mol. The number of esters is 1. The first-order chi connectivity index (χ1) is 14.0. The summed E-state index contributed by atoms with van der Waals surface area (Å²) in [7, 11) is 0. The molecule has 2 aromatic carbocycles. The van der Waals surface area contributed by atoms with Crippen LogP contribution in [0.1, 0.15) is 12.5 Å². The number of nitro benzene ring substituents is 1. The number of carbonyl (C=O) groups is 1. The second-order valence-corrected chi connectivity index (χ2v) is 5.75. The first-order valence-electron chi connectivity index (χ1n) is 8.66. The van der Waals surface area contributed by atoms with E-state index in [9.17, 15) is 20.0 Å². The standard InChI is InChI=1S/C19H17N3O7/c1-2-27-19(24)17(18(23)12-3-6-14(7-4-12)22(25)26)21-20-13-5-8-15-16(11-13)29-10-9-28-15/h3-8,11,23H,2,9-10H2,1H3. The van der Waals surface area contributed by atoms with E-state index >= 15 is 0 Å². The molecule has 29 heavy (non-hydrogen) atoms. The molecule has 0 spiro atoms. The highest BCUT2D eigenvalue weighted by molar-refractivity contribution is 5.95. The zero-order valence-corrected chi connectivity index (χ0v) is 15.4. The minimum Gasteiger partial charge on any atom is -0.505 e. The molecule has 0 saturated heterocycles. The van der Waals surface area contributed by atoms with Crippen LogP contribution in [-0.2, 0) is 9.53 Å². The molecule has 0 radical (unpaired) electrons. The van der Waals surface area contributed by atoms with E-state index in [2.05, 4.69) is 10.2 Å². The number of fused-ring (bicyclic) bond motifs is 1. The first kappa shape index (κ1) is 19.8. The van der Waals surface area contributed by atoms with Crippen molar-refractivity contribution in [3.8, 4) is 11.5 Å². The largest absolute Gasteiger partial charge is 0.505 e. The Morgan fingerprint density at radius 3 is 2.52 bits per heavy atom. The molecule has 0 saturated carbocycles. The number of nitrogens with zero attached hydrogens (tertiary/aromatic N) is 3. The molecule has 1 aliphatic heterocycles. The van der Waals surface area contributed by atoms with Crippen LogP contribution in [-0.4, -0.2) is 35.8 Å². The number of hydrogen-bond acceptors (Lipinski definition) is 9. The Morgan fingerprint density at radius 1 is 1.17 bits per heavy atom. The molecule has 1 heterocycles. The van der Waals surface area contributed by atoms with E-state index in [1.54, 1.807) is 25.1 Å². The van der Waals surface area contributed by atoms with Crippen molar-refractivity contribution in [2.24, 2.45) is 10.2 Å². The summed E-state index contributed by atoms with van der Waals surface area (Å²) < 4.78 is 15.8. The van der Waals surface area contributed by atoms with Gasteiger partial charge in [0.2, 0.25) is 5.70 Å². The third-order valence-electron chi connectivity index (χ3n) is 3.84. The number of hydrogen-bond donors (Lipinski definition) is 1. The summed E-state index contributed by atoms with van der Waals surface area (Å²) in [6, 6.07) is 9.86. The van der Waals surface area contributed by atoms with E-state index in [4.69, 9.17) is 14.2 Å². The Labute approximate surface area is 165 Å². The highest BCUT2D eigenvalue weighted by Crippen LogP contribution is 2.34. The molecule has 0 aliphatic carbocycles. The number of non-ortho nitro benzene ring substituents is 1. The Balaban J connectivity index is 1.94. The summed E-state index contributed by atoms with van der Waals surface area (Å²) in [5.41, 5.74) is -0.0694. The van der Waals surface area contributed by atoms with Gasteiger partial charge in [-0.3, -0.25) is 10.1 Å². The molecule has 3 rings (SSSR count). The van der Waals surface area contributed by atoms with Crippen LogP contribution in [0.4, 0.5) is 11.4 Å². The molecular formula is C19H17N3O7. The fourth-order valence-corrected chi connectivity index (χ4v) is 2.46. The van der Waals surface area contributed by atoms with Gasteiger partial charge in [-0.25, -0.2) is 4.79 Å². The van der Waals surface area contributed by atoms with E-state index in [1.165, 1.54) is 24.3 Å². The quantitative estimate of drug-likeness (QED) is 0.194. The average Bonchev–Trinajstić information content (AvgIpc) is 2.74. The lowest BCUT2D eigenvalue weighted by Crippen LogP contribution is -2.14. The molecular weight excluding hydrogens is 382 g/mol. The van der Waals surface area contributed by atoms with E-state index in [0.717, 1.165) is 0 Å². The van der Waals surface area contributed by atoms with Gasteiger partial charge in [0.1, 0.15) is 13.2 Å². The Kier molecular flexibility index (Phi) is 6.03. The van der Waals surface area contributed by atoms with E-state index < -0.39 is 22.3 Å². The van der Waals surface area contributed by atoms with Crippen LogP contribution in [0.15, 0.2) is 58.4 Å². The zero-order valence-electron chi connectivity index (χ0n) is 15.4. The SMILES string of the molecule is CCOC(=O)C(N=Nc1ccc2c(c1)OCCO2)=C(O)c1ccc([N+](=O)[O-])cc1. The van der Waals surface area contributed by atoms with Crippen molar-refractivity contribution >= 4 is 23.1 Å². The van der Waals surface area contributed by atoms with Crippen molar-refractivity contribution in [1.29, 1.82) is 0 Å². The molecule has 0 aromatic heterocycles. The maximum Gasteiger partial charge on any atom is 0.362 e. The van der Waals surface area contributed by atoms with Crippen molar-refractivity contribution in [2.45, 2.75) is 6.92 Å². The van der Waals surface area contributed by atoms with Gasteiger partial charge in [-0.1, -0.05) is 0 Å².